The van der Waals surface area contributed by atoms with Gasteiger partial charge in [0.2, 0.25) is 15.9 Å². The molecule has 0 aliphatic carbocycles. The van der Waals surface area contributed by atoms with Gasteiger partial charge in [0.05, 0.1) is 10.9 Å². The van der Waals surface area contributed by atoms with E-state index in [0.717, 1.165) is 22.3 Å². The Labute approximate surface area is 227 Å². The molecule has 1 fully saturated rings. The molecule has 2 atom stereocenters. The van der Waals surface area contributed by atoms with Crippen LogP contribution in [-0.4, -0.2) is 41.3 Å². The summed E-state index contributed by atoms with van der Waals surface area (Å²) in [4.78, 5) is 17.8. The van der Waals surface area contributed by atoms with E-state index < -0.39 is 21.4 Å². The monoisotopic (exact) mass is 551 g/mol. The molecule has 4 aromatic rings. The van der Waals surface area contributed by atoms with Crippen LogP contribution in [0.1, 0.15) is 18.6 Å². The molecular formula is C28H26ClN3O3S2. The maximum Gasteiger partial charge on any atom is 0.249 e. The number of hydrogen-bond acceptors (Lipinski definition) is 5. The first-order chi connectivity index (χ1) is 17.9. The molecule has 0 bridgehead atoms. The molecule has 1 N–H and O–H groups in total. The van der Waals surface area contributed by atoms with Crippen molar-refractivity contribution in [1.82, 2.24) is 14.6 Å². The second-order valence-corrected chi connectivity index (χ2v) is 12.0. The van der Waals surface area contributed by atoms with E-state index in [1.807, 2.05) is 60.7 Å². The lowest BCUT2D eigenvalue weighted by molar-refractivity contribution is -0.122. The maximum absolute atomic E-state index is 13.6. The van der Waals surface area contributed by atoms with Crippen LogP contribution in [0.4, 0.5) is 0 Å². The zero-order chi connectivity index (χ0) is 25.8. The van der Waals surface area contributed by atoms with Crippen LogP contribution in [0, 0.1) is 0 Å². The minimum absolute atomic E-state index is 0. The Morgan fingerprint density at radius 1 is 0.919 bits per heavy atom. The predicted octanol–water partition coefficient (Wildman–Crippen LogP) is 5.62. The second kappa shape index (κ2) is 11.1. The molecule has 2 unspecified atom stereocenters. The smallest absolute Gasteiger partial charge is 0.249 e. The highest BCUT2D eigenvalue weighted by Crippen LogP contribution is 2.32. The van der Waals surface area contributed by atoms with E-state index in [-0.39, 0.29) is 18.8 Å². The normalized spacial score (nSPS) is 16.8. The molecule has 1 aromatic heterocycles. The number of carbonyl (C=O) groups excluding carboxylic acids is 1. The van der Waals surface area contributed by atoms with Crippen LogP contribution >= 0.6 is 23.4 Å². The van der Waals surface area contributed by atoms with Crippen molar-refractivity contribution in [3.05, 3.63) is 120 Å². The van der Waals surface area contributed by atoms with Crippen LogP contribution in [0.3, 0.4) is 0 Å². The molecule has 5 rings (SSSR count). The van der Waals surface area contributed by atoms with Crippen molar-refractivity contribution in [1.29, 1.82) is 0 Å². The summed E-state index contributed by atoms with van der Waals surface area (Å²) in [6.07, 6.45) is 1.62. The van der Waals surface area contributed by atoms with Gasteiger partial charge in [0, 0.05) is 19.9 Å². The minimum Gasteiger partial charge on any atom is -0.343 e. The number of rotatable bonds is 7. The second-order valence-electron chi connectivity index (χ2n) is 8.50. The van der Waals surface area contributed by atoms with E-state index >= 15 is 0 Å². The van der Waals surface area contributed by atoms with E-state index in [4.69, 9.17) is 11.6 Å². The molecule has 1 aliphatic rings. The number of sulfonamides is 1. The lowest BCUT2D eigenvalue weighted by Crippen LogP contribution is -2.45. The average Bonchev–Trinajstić information content (AvgIpc) is 3.45. The predicted molar refractivity (Wildman–Crippen MR) is 150 cm³/mol. The number of nitrogens with zero attached hydrogens (tertiary/aromatic N) is 2. The molecule has 1 amide bonds. The number of hydrogen-bond donors (Lipinski definition) is 1. The van der Waals surface area contributed by atoms with E-state index in [1.54, 1.807) is 42.6 Å². The van der Waals surface area contributed by atoms with Gasteiger partial charge in [-0.2, -0.15) is 4.31 Å². The summed E-state index contributed by atoms with van der Waals surface area (Å²) in [6, 6.07) is 29.0. The van der Waals surface area contributed by atoms with Gasteiger partial charge in [-0.05, 0) is 40.5 Å². The Morgan fingerprint density at radius 3 is 2.22 bits per heavy atom. The molecule has 1 saturated heterocycles. The van der Waals surface area contributed by atoms with Crippen molar-refractivity contribution < 1.29 is 14.6 Å². The summed E-state index contributed by atoms with van der Waals surface area (Å²) in [5, 5.41) is 2.51. The molecule has 6 nitrogen and oxygen atoms in total. The Bertz CT molecular complexity index is 1470. The van der Waals surface area contributed by atoms with Gasteiger partial charge in [0.1, 0.15) is 10.5 Å². The molecule has 190 valence electrons. The van der Waals surface area contributed by atoms with Crippen LogP contribution in [0.2, 0.25) is 5.15 Å². The summed E-state index contributed by atoms with van der Waals surface area (Å²) in [6.45, 7) is 0.254. The van der Waals surface area contributed by atoms with Gasteiger partial charge in [-0.1, -0.05) is 90.5 Å². The minimum atomic E-state index is -3.88. The molecular weight excluding hydrogens is 526 g/mol. The first-order valence-corrected chi connectivity index (χ1v) is 14.6. The Balaban J connectivity index is 0.00000336. The topological polar surface area (TPSA) is 79.4 Å². The fraction of sp³-hybridized carbons (Fsp3) is 0.143. The fourth-order valence-corrected chi connectivity index (χ4v) is 7.47. The van der Waals surface area contributed by atoms with Gasteiger partial charge in [0.25, 0.3) is 0 Å². The number of benzene rings is 3. The summed E-state index contributed by atoms with van der Waals surface area (Å²) in [7, 11) is -3.88. The lowest BCUT2D eigenvalue weighted by atomic mass is 10.0. The Morgan fingerprint density at radius 2 is 1.57 bits per heavy atom. The van der Waals surface area contributed by atoms with Crippen molar-refractivity contribution in [2.45, 2.75) is 16.3 Å². The van der Waals surface area contributed by atoms with E-state index in [1.165, 1.54) is 16.1 Å². The molecule has 2 heterocycles. The van der Waals surface area contributed by atoms with Gasteiger partial charge in [-0.3, -0.25) is 4.79 Å². The third-order valence-electron chi connectivity index (χ3n) is 6.14. The lowest BCUT2D eigenvalue weighted by Gasteiger charge is -2.26. The van der Waals surface area contributed by atoms with Crippen molar-refractivity contribution >= 4 is 39.3 Å². The van der Waals surface area contributed by atoms with Gasteiger partial charge in [0.15, 0.2) is 0 Å². The van der Waals surface area contributed by atoms with Crippen LogP contribution < -0.4 is 5.32 Å². The quantitative estimate of drug-likeness (QED) is 0.302. The van der Waals surface area contributed by atoms with Crippen molar-refractivity contribution in [3.63, 3.8) is 0 Å². The van der Waals surface area contributed by atoms with Gasteiger partial charge in [-0.15, -0.1) is 11.8 Å². The zero-order valence-corrected chi connectivity index (χ0v) is 22.1. The average molecular weight is 552 g/mol. The molecule has 37 heavy (non-hydrogen) atoms. The molecule has 0 saturated carbocycles. The number of thioether (sulfide) groups is 1. The maximum atomic E-state index is 13.6. The van der Waals surface area contributed by atoms with Crippen LogP contribution in [0.5, 0.6) is 0 Å². The fourth-order valence-electron chi connectivity index (χ4n) is 4.27. The highest BCUT2D eigenvalue weighted by molar-refractivity contribution is 8.02. The summed E-state index contributed by atoms with van der Waals surface area (Å²) >= 11 is 7.28. The number of aromatic nitrogens is 1. The first kappa shape index (κ1) is 25.5. The molecule has 3 aromatic carbocycles. The summed E-state index contributed by atoms with van der Waals surface area (Å²) in [5.41, 5.74) is 3.53. The van der Waals surface area contributed by atoms with Gasteiger partial charge < -0.3 is 5.32 Å². The van der Waals surface area contributed by atoms with Crippen molar-refractivity contribution in [3.8, 4) is 11.1 Å². The highest BCUT2D eigenvalue weighted by atomic mass is 35.5. The van der Waals surface area contributed by atoms with Crippen LogP contribution in [-0.2, 0) is 14.8 Å². The van der Waals surface area contributed by atoms with Crippen LogP contribution in [0.15, 0.2) is 108 Å². The summed E-state index contributed by atoms with van der Waals surface area (Å²) in [5.74, 6) is 0.147. The number of pyridine rings is 1. The number of nitrogens with one attached hydrogen (secondary N) is 1. The zero-order valence-electron chi connectivity index (χ0n) is 19.7. The SMILES string of the molecule is O=C(NC(c1ccccc1)c1ccc(Cl)nc1)C1SCCN1S(=O)(=O)c1ccc(-c2ccccc2)cc1.[HH]. The van der Waals surface area contributed by atoms with Gasteiger partial charge in [-0.25, -0.2) is 13.4 Å². The Kier molecular flexibility index (Phi) is 7.62. The first-order valence-electron chi connectivity index (χ1n) is 11.7. The van der Waals surface area contributed by atoms with E-state index in [0.29, 0.717) is 10.9 Å². The molecule has 0 spiro atoms. The van der Waals surface area contributed by atoms with Crippen molar-refractivity contribution in [2.75, 3.05) is 12.3 Å². The number of carbonyl (C=O) groups is 1. The molecule has 9 heteroatoms. The molecule has 0 radical (unpaired) electrons. The summed E-state index contributed by atoms with van der Waals surface area (Å²) < 4.78 is 28.4. The number of halogens is 1. The van der Waals surface area contributed by atoms with E-state index in [2.05, 4.69) is 10.3 Å². The number of amides is 1. The molecule has 1 aliphatic heterocycles. The third-order valence-corrected chi connectivity index (χ3v) is 9.58. The largest absolute Gasteiger partial charge is 0.343 e. The standard InChI is InChI=1S/C28H24ClN3O3S2.H2/c29-25-16-13-23(19-30-25)26(22-9-5-2-6-10-22)31-27(33)28-32(17-18-36-28)37(34,35)24-14-11-21(12-15-24)20-7-3-1-4-8-20;/h1-16,19,26,28H,17-18H2,(H,31,33);1H. The van der Waals surface area contributed by atoms with Crippen molar-refractivity contribution in [2.24, 2.45) is 0 Å². The van der Waals surface area contributed by atoms with Crippen LogP contribution in [0.25, 0.3) is 11.1 Å². The Hall–Kier alpha value is -3.17. The van der Waals surface area contributed by atoms with Gasteiger partial charge >= 0.3 is 0 Å². The van der Waals surface area contributed by atoms with E-state index in [9.17, 15) is 13.2 Å². The third kappa shape index (κ3) is 5.57. The highest BCUT2D eigenvalue weighted by Gasteiger charge is 2.41.